The van der Waals surface area contributed by atoms with Gasteiger partial charge in [-0.3, -0.25) is 14.8 Å². The minimum absolute atomic E-state index is 0.0119. The van der Waals surface area contributed by atoms with Gasteiger partial charge in [0.15, 0.2) is 0 Å². The molecule has 7 nitrogen and oxygen atoms in total. The number of allylic oxidation sites excluding steroid dienone is 1. The van der Waals surface area contributed by atoms with Crippen LogP contribution in [-0.2, 0) is 9.59 Å². The number of piperidine rings is 1. The molecule has 1 saturated carbocycles. The third kappa shape index (κ3) is 18.0. The molecule has 0 atom stereocenters. The van der Waals surface area contributed by atoms with E-state index in [9.17, 15) is 4.79 Å². The SMILES string of the molecule is C=O.CC.CC(C)C.CN=C(/C(NC=NCC1CCN(C)CC1)=C(\C)C(=O)NCC1CCCCC1)C(C)(C)C. The number of rotatable bonds is 8. The Hall–Kier alpha value is -2.02. The minimum Gasteiger partial charge on any atom is -0.352 e. The molecule has 1 aliphatic carbocycles. The molecule has 2 aliphatic rings. The van der Waals surface area contributed by atoms with Crippen molar-refractivity contribution in [3.8, 4) is 0 Å². The highest BCUT2D eigenvalue weighted by Gasteiger charge is 2.26. The van der Waals surface area contributed by atoms with Crippen molar-refractivity contribution in [1.82, 2.24) is 15.5 Å². The minimum atomic E-state index is -0.177. The van der Waals surface area contributed by atoms with Gasteiger partial charge in [-0.25, -0.2) is 0 Å². The van der Waals surface area contributed by atoms with Gasteiger partial charge in [0, 0.05) is 31.1 Å². The highest BCUT2D eigenvalue weighted by atomic mass is 16.1. The summed E-state index contributed by atoms with van der Waals surface area (Å²) in [4.78, 5) is 32.5. The second kappa shape index (κ2) is 22.8. The summed E-state index contributed by atoms with van der Waals surface area (Å²) in [7, 11) is 3.98. The van der Waals surface area contributed by atoms with E-state index < -0.39 is 0 Å². The van der Waals surface area contributed by atoms with Gasteiger partial charge < -0.3 is 20.3 Å². The third-order valence-electron chi connectivity index (χ3n) is 6.66. The lowest BCUT2D eigenvalue weighted by Gasteiger charge is -2.28. The summed E-state index contributed by atoms with van der Waals surface area (Å²) in [5, 5.41) is 6.50. The fourth-order valence-electron chi connectivity index (χ4n) is 4.61. The van der Waals surface area contributed by atoms with E-state index in [1.165, 1.54) is 44.9 Å². The van der Waals surface area contributed by atoms with Crippen LogP contribution in [0.1, 0.15) is 107 Å². The van der Waals surface area contributed by atoms with E-state index in [-0.39, 0.29) is 11.3 Å². The molecule has 0 aromatic heterocycles. The number of carbonyl (C=O) groups excluding carboxylic acids is 2. The zero-order valence-corrected chi connectivity index (χ0v) is 27.5. The summed E-state index contributed by atoms with van der Waals surface area (Å²) in [5.74, 6) is 2.07. The number of nitrogens with one attached hydrogen (secondary N) is 2. The summed E-state index contributed by atoms with van der Waals surface area (Å²) in [5.41, 5.74) is 2.17. The maximum absolute atomic E-state index is 13.0. The van der Waals surface area contributed by atoms with Gasteiger partial charge in [-0.05, 0) is 70.5 Å². The number of likely N-dealkylation sites (tertiary alicyclic amines) is 1. The Morgan fingerprint density at radius 1 is 1.00 bits per heavy atom. The first-order chi connectivity index (χ1) is 18.5. The van der Waals surface area contributed by atoms with Crippen LogP contribution in [-0.4, -0.2) is 69.9 Å². The summed E-state index contributed by atoms with van der Waals surface area (Å²) >= 11 is 0. The van der Waals surface area contributed by atoms with Gasteiger partial charge in [0.1, 0.15) is 6.79 Å². The Labute approximate surface area is 241 Å². The molecular formula is C32H63N5O2. The van der Waals surface area contributed by atoms with Crippen molar-refractivity contribution in [3.63, 3.8) is 0 Å². The van der Waals surface area contributed by atoms with Crippen LogP contribution in [0.4, 0.5) is 0 Å². The first kappa shape index (κ1) is 39.1. The van der Waals surface area contributed by atoms with Crippen molar-refractivity contribution in [2.75, 3.05) is 40.3 Å². The molecule has 0 unspecified atom stereocenters. The lowest BCUT2D eigenvalue weighted by molar-refractivity contribution is -0.117. The van der Waals surface area contributed by atoms with Gasteiger partial charge in [0.25, 0.3) is 0 Å². The Morgan fingerprint density at radius 3 is 1.97 bits per heavy atom. The quantitative estimate of drug-likeness (QED) is 0.205. The number of amides is 1. The number of aliphatic imine (C=N–C) groups is 2. The smallest absolute Gasteiger partial charge is 0.249 e. The van der Waals surface area contributed by atoms with Gasteiger partial charge in [-0.2, -0.15) is 0 Å². The topological polar surface area (TPSA) is 86.2 Å². The van der Waals surface area contributed by atoms with Gasteiger partial charge >= 0.3 is 0 Å². The Balaban J connectivity index is 0. The van der Waals surface area contributed by atoms with Crippen molar-refractivity contribution < 1.29 is 9.59 Å². The standard InChI is InChI=1S/C25H45N5O.C4H10.C2H6.CH2O/c1-19(24(31)28-17-20-10-8-7-9-11-20)22(23(26-5)25(2,3)4)29-18-27-16-21-12-14-30(6)15-13-21;1-4(2)3;2*1-2/h18,20-21H,7-17H2,1-6H3,(H,27,29)(H,28,31);4H,1-3H3;1-2H3;1H2/b22-19-,26-23?;;;. The first-order valence-corrected chi connectivity index (χ1v) is 15.1. The summed E-state index contributed by atoms with van der Waals surface area (Å²) in [6.07, 6.45) is 10.5. The molecule has 2 N–H and O–H groups in total. The fraction of sp³-hybridized carbons (Fsp3) is 0.812. The van der Waals surface area contributed by atoms with Crippen LogP contribution in [0, 0.1) is 23.2 Å². The summed E-state index contributed by atoms with van der Waals surface area (Å²) < 4.78 is 0. The van der Waals surface area contributed by atoms with E-state index in [1.54, 1.807) is 13.4 Å². The average molecular weight is 550 g/mol. The first-order valence-electron chi connectivity index (χ1n) is 15.1. The molecule has 0 aromatic rings. The summed E-state index contributed by atoms with van der Waals surface area (Å²) in [6.45, 7) is 24.7. The Kier molecular flexibility index (Phi) is 22.8. The monoisotopic (exact) mass is 549 g/mol. The Bertz CT molecular complexity index is 721. The lowest BCUT2D eigenvalue weighted by Crippen LogP contribution is -2.36. The second-order valence-corrected chi connectivity index (χ2v) is 12.2. The van der Waals surface area contributed by atoms with E-state index >= 15 is 0 Å². The van der Waals surface area contributed by atoms with E-state index in [1.807, 2.05) is 27.6 Å². The molecular weight excluding hydrogens is 486 g/mol. The van der Waals surface area contributed by atoms with Crippen molar-refractivity contribution in [2.45, 2.75) is 107 Å². The molecule has 0 spiro atoms. The second-order valence-electron chi connectivity index (χ2n) is 12.2. The average Bonchev–Trinajstić information content (AvgIpc) is 2.91. The van der Waals surface area contributed by atoms with Crippen LogP contribution in [0.2, 0.25) is 0 Å². The number of carbonyl (C=O) groups is 2. The molecule has 0 bridgehead atoms. The molecule has 1 saturated heterocycles. The zero-order chi connectivity index (χ0) is 30.4. The Morgan fingerprint density at radius 2 is 1.51 bits per heavy atom. The zero-order valence-electron chi connectivity index (χ0n) is 27.5. The van der Waals surface area contributed by atoms with Crippen LogP contribution in [0.3, 0.4) is 0 Å². The van der Waals surface area contributed by atoms with E-state index in [2.05, 4.69) is 74.1 Å². The van der Waals surface area contributed by atoms with Gasteiger partial charge in [-0.1, -0.05) is 74.7 Å². The molecule has 1 amide bonds. The molecule has 0 radical (unpaired) electrons. The van der Waals surface area contributed by atoms with Crippen LogP contribution in [0.25, 0.3) is 0 Å². The molecule has 2 rings (SSSR count). The van der Waals surface area contributed by atoms with Crippen molar-refractivity contribution in [2.24, 2.45) is 33.2 Å². The number of hydrogen-bond acceptors (Lipinski definition) is 5. The molecule has 2 fully saturated rings. The van der Waals surface area contributed by atoms with E-state index in [4.69, 9.17) is 4.79 Å². The van der Waals surface area contributed by atoms with Crippen LogP contribution >= 0.6 is 0 Å². The van der Waals surface area contributed by atoms with Gasteiger partial charge in [0.2, 0.25) is 5.91 Å². The van der Waals surface area contributed by atoms with E-state index in [0.717, 1.165) is 43.5 Å². The maximum atomic E-state index is 13.0. The predicted octanol–water partition coefficient (Wildman–Crippen LogP) is 6.54. The molecule has 39 heavy (non-hydrogen) atoms. The molecule has 228 valence electrons. The van der Waals surface area contributed by atoms with Crippen LogP contribution in [0.15, 0.2) is 21.3 Å². The molecule has 1 heterocycles. The van der Waals surface area contributed by atoms with Crippen LogP contribution < -0.4 is 10.6 Å². The van der Waals surface area contributed by atoms with Crippen molar-refractivity contribution in [3.05, 3.63) is 11.3 Å². The highest BCUT2D eigenvalue weighted by molar-refractivity contribution is 6.10. The lowest BCUT2D eigenvalue weighted by atomic mass is 9.86. The largest absolute Gasteiger partial charge is 0.352 e. The van der Waals surface area contributed by atoms with Crippen molar-refractivity contribution in [1.29, 1.82) is 0 Å². The van der Waals surface area contributed by atoms with Gasteiger partial charge in [-0.15, -0.1) is 0 Å². The summed E-state index contributed by atoms with van der Waals surface area (Å²) in [6, 6.07) is 0. The number of hydrogen-bond donors (Lipinski definition) is 2. The van der Waals surface area contributed by atoms with Crippen LogP contribution in [0.5, 0.6) is 0 Å². The normalized spacial score (nSPS) is 18.1. The predicted molar refractivity (Wildman–Crippen MR) is 171 cm³/mol. The maximum Gasteiger partial charge on any atom is 0.249 e. The highest BCUT2D eigenvalue weighted by Crippen LogP contribution is 2.24. The van der Waals surface area contributed by atoms with E-state index in [0.29, 0.717) is 17.4 Å². The van der Waals surface area contributed by atoms with Crippen molar-refractivity contribution >= 4 is 24.7 Å². The fourth-order valence-corrected chi connectivity index (χ4v) is 4.61. The number of nitrogens with zero attached hydrogens (tertiary/aromatic N) is 3. The molecule has 1 aliphatic heterocycles. The third-order valence-corrected chi connectivity index (χ3v) is 6.66. The molecule has 0 aromatic carbocycles. The molecule has 7 heteroatoms. The van der Waals surface area contributed by atoms with Gasteiger partial charge in [0.05, 0.1) is 17.7 Å².